The SMILES string of the molecule is O=C(Nc1cc(C(F)(F)F)ccc1Cl)c1ccc(F)cc1. The molecule has 21 heavy (non-hydrogen) atoms. The van der Waals surface area contributed by atoms with Crippen LogP contribution in [0.5, 0.6) is 0 Å². The van der Waals surface area contributed by atoms with Crippen LogP contribution in [0.15, 0.2) is 42.5 Å². The van der Waals surface area contributed by atoms with Gasteiger partial charge in [-0.15, -0.1) is 0 Å². The fraction of sp³-hybridized carbons (Fsp3) is 0.0714. The van der Waals surface area contributed by atoms with Crippen molar-refractivity contribution in [1.29, 1.82) is 0 Å². The van der Waals surface area contributed by atoms with E-state index in [2.05, 4.69) is 5.32 Å². The normalized spacial score (nSPS) is 11.3. The smallest absolute Gasteiger partial charge is 0.321 e. The van der Waals surface area contributed by atoms with E-state index in [0.717, 1.165) is 30.3 Å². The van der Waals surface area contributed by atoms with Gasteiger partial charge in [-0.25, -0.2) is 4.39 Å². The van der Waals surface area contributed by atoms with Gasteiger partial charge < -0.3 is 5.32 Å². The maximum Gasteiger partial charge on any atom is 0.416 e. The molecule has 0 aromatic heterocycles. The number of carbonyl (C=O) groups is 1. The van der Waals surface area contributed by atoms with Gasteiger partial charge in [0.15, 0.2) is 0 Å². The molecule has 0 bridgehead atoms. The Labute approximate surface area is 122 Å². The Balaban J connectivity index is 2.26. The third-order valence-corrected chi connectivity index (χ3v) is 2.98. The largest absolute Gasteiger partial charge is 0.416 e. The fourth-order valence-corrected chi connectivity index (χ4v) is 1.76. The molecule has 1 N–H and O–H groups in total. The Bertz CT molecular complexity index is 668. The van der Waals surface area contributed by atoms with Crippen LogP contribution < -0.4 is 5.32 Å². The molecule has 2 aromatic rings. The van der Waals surface area contributed by atoms with Gasteiger partial charge in [0, 0.05) is 5.56 Å². The minimum atomic E-state index is -4.54. The van der Waals surface area contributed by atoms with E-state index < -0.39 is 23.5 Å². The van der Waals surface area contributed by atoms with Crippen molar-refractivity contribution in [2.24, 2.45) is 0 Å². The van der Waals surface area contributed by atoms with E-state index in [-0.39, 0.29) is 16.3 Å². The molecule has 7 heteroatoms. The van der Waals surface area contributed by atoms with Gasteiger partial charge in [-0.1, -0.05) is 11.6 Å². The molecule has 0 fully saturated rings. The summed E-state index contributed by atoms with van der Waals surface area (Å²) in [6.45, 7) is 0. The number of nitrogens with one attached hydrogen (secondary N) is 1. The second kappa shape index (κ2) is 5.73. The maximum absolute atomic E-state index is 12.7. The first kappa shape index (κ1) is 15.3. The van der Waals surface area contributed by atoms with Crippen LogP contribution in [0, 0.1) is 5.82 Å². The molecule has 1 amide bonds. The number of amides is 1. The van der Waals surface area contributed by atoms with Crippen LogP contribution in [0.3, 0.4) is 0 Å². The number of anilines is 1. The second-order valence-electron chi connectivity index (χ2n) is 4.15. The average Bonchev–Trinajstić information content (AvgIpc) is 2.40. The van der Waals surface area contributed by atoms with Gasteiger partial charge in [0.2, 0.25) is 0 Å². The highest BCUT2D eigenvalue weighted by Crippen LogP contribution is 2.33. The molecule has 0 aliphatic heterocycles. The van der Waals surface area contributed by atoms with Gasteiger partial charge >= 0.3 is 6.18 Å². The lowest BCUT2D eigenvalue weighted by Gasteiger charge is -2.11. The van der Waals surface area contributed by atoms with Crippen molar-refractivity contribution in [3.63, 3.8) is 0 Å². The molecule has 0 aliphatic carbocycles. The van der Waals surface area contributed by atoms with E-state index in [0.29, 0.717) is 0 Å². The van der Waals surface area contributed by atoms with Crippen LogP contribution in [-0.4, -0.2) is 5.91 Å². The summed E-state index contributed by atoms with van der Waals surface area (Å²) in [5.74, 6) is -1.21. The molecule has 0 unspecified atom stereocenters. The third-order valence-electron chi connectivity index (χ3n) is 2.65. The summed E-state index contributed by atoms with van der Waals surface area (Å²) in [7, 11) is 0. The molecule has 0 aliphatic rings. The van der Waals surface area contributed by atoms with E-state index in [1.807, 2.05) is 0 Å². The standard InChI is InChI=1S/C14H8ClF4NO/c15-11-6-3-9(14(17,18)19)7-12(11)20-13(21)8-1-4-10(16)5-2-8/h1-7H,(H,20,21). The van der Waals surface area contributed by atoms with Gasteiger partial charge in [0.1, 0.15) is 5.82 Å². The van der Waals surface area contributed by atoms with Crippen molar-refractivity contribution in [2.75, 3.05) is 5.32 Å². The molecule has 0 saturated carbocycles. The van der Waals surface area contributed by atoms with Gasteiger partial charge in [-0.2, -0.15) is 13.2 Å². The summed E-state index contributed by atoms with van der Waals surface area (Å²) >= 11 is 5.76. The van der Waals surface area contributed by atoms with Crippen molar-refractivity contribution >= 4 is 23.2 Å². The summed E-state index contributed by atoms with van der Waals surface area (Å²) < 4.78 is 50.6. The maximum atomic E-state index is 12.7. The number of alkyl halides is 3. The first-order valence-corrected chi connectivity index (χ1v) is 6.09. The van der Waals surface area contributed by atoms with Gasteiger partial charge in [0.25, 0.3) is 5.91 Å². The Morgan fingerprint density at radius 3 is 2.24 bits per heavy atom. The van der Waals surface area contributed by atoms with Crippen molar-refractivity contribution in [1.82, 2.24) is 0 Å². The zero-order valence-corrected chi connectivity index (χ0v) is 11.1. The van der Waals surface area contributed by atoms with Gasteiger partial charge in [-0.3, -0.25) is 4.79 Å². The highest BCUT2D eigenvalue weighted by Gasteiger charge is 2.31. The molecular weight excluding hydrogens is 310 g/mol. The first-order valence-electron chi connectivity index (χ1n) is 5.71. The lowest BCUT2D eigenvalue weighted by molar-refractivity contribution is -0.137. The van der Waals surface area contributed by atoms with E-state index in [1.54, 1.807) is 0 Å². The summed E-state index contributed by atoms with van der Waals surface area (Å²) in [5, 5.41) is 2.24. The van der Waals surface area contributed by atoms with Crippen LogP contribution >= 0.6 is 11.6 Å². The summed E-state index contributed by atoms with van der Waals surface area (Å²) in [4.78, 5) is 11.9. The number of halogens is 5. The number of carbonyl (C=O) groups excluding carboxylic acids is 1. The minimum Gasteiger partial charge on any atom is -0.321 e. The fourth-order valence-electron chi connectivity index (χ4n) is 1.59. The quantitative estimate of drug-likeness (QED) is 0.796. The molecule has 0 spiro atoms. The first-order chi connectivity index (χ1) is 9.77. The number of hydrogen-bond acceptors (Lipinski definition) is 1. The molecule has 110 valence electrons. The van der Waals surface area contributed by atoms with E-state index >= 15 is 0 Å². The van der Waals surface area contributed by atoms with Crippen molar-refractivity contribution in [2.45, 2.75) is 6.18 Å². The van der Waals surface area contributed by atoms with E-state index in [4.69, 9.17) is 11.6 Å². The van der Waals surface area contributed by atoms with Gasteiger partial charge in [-0.05, 0) is 42.5 Å². The summed E-state index contributed by atoms with van der Waals surface area (Å²) in [5.41, 5.74) is -0.994. The van der Waals surface area contributed by atoms with Crippen molar-refractivity contribution in [3.05, 3.63) is 64.4 Å². The summed E-state index contributed by atoms with van der Waals surface area (Å²) in [6.07, 6.45) is -4.54. The van der Waals surface area contributed by atoms with Crippen molar-refractivity contribution < 1.29 is 22.4 Å². The van der Waals surface area contributed by atoms with Crippen LogP contribution in [0.4, 0.5) is 23.2 Å². The van der Waals surface area contributed by atoms with Crippen molar-refractivity contribution in [3.8, 4) is 0 Å². The highest BCUT2D eigenvalue weighted by atomic mass is 35.5. The molecule has 0 atom stereocenters. The Morgan fingerprint density at radius 1 is 1.05 bits per heavy atom. The van der Waals surface area contributed by atoms with Crippen LogP contribution in [0.1, 0.15) is 15.9 Å². The number of hydrogen-bond donors (Lipinski definition) is 1. The number of benzene rings is 2. The minimum absolute atomic E-state index is 0.0292. The third kappa shape index (κ3) is 3.72. The lowest BCUT2D eigenvalue weighted by Crippen LogP contribution is -2.13. The molecule has 0 heterocycles. The summed E-state index contributed by atoms with van der Waals surface area (Å²) in [6, 6.07) is 7.17. The Morgan fingerprint density at radius 2 is 1.67 bits per heavy atom. The Kier molecular flexibility index (Phi) is 4.18. The average molecular weight is 318 g/mol. The van der Waals surface area contributed by atoms with Crippen LogP contribution in [-0.2, 0) is 6.18 Å². The topological polar surface area (TPSA) is 29.1 Å². The highest BCUT2D eigenvalue weighted by molar-refractivity contribution is 6.34. The van der Waals surface area contributed by atoms with Crippen LogP contribution in [0.25, 0.3) is 0 Å². The monoisotopic (exact) mass is 317 g/mol. The molecule has 2 nitrogen and oxygen atoms in total. The molecule has 0 saturated heterocycles. The molecular formula is C14H8ClF4NO. The second-order valence-corrected chi connectivity index (χ2v) is 4.56. The number of rotatable bonds is 2. The van der Waals surface area contributed by atoms with E-state index in [9.17, 15) is 22.4 Å². The van der Waals surface area contributed by atoms with Crippen LogP contribution in [0.2, 0.25) is 5.02 Å². The zero-order valence-electron chi connectivity index (χ0n) is 10.3. The molecule has 0 radical (unpaired) electrons. The van der Waals surface area contributed by atoms with E-state index in [1.165, 1.54) is 12.1 Å². The molecule has 2 rings (SSSR count). The molecule has 2 aromatic carbocycles. The van der Waals surface area contributed by atoms with Gasteiger partial charge in [0.05, 0.1) is 16.3 Å². The predicted octanol–water partition coefficient (Wildman–Crippen LogP) is 4.75. The predicted molar refractivity (Wildman–Crippen MR) is 70.8 cm³/mol. The Hall–Kier alpha value is -2.08. The zero-order chi connectivity index (χ0) is 15.6. The lowest BCUT2D eigenvalue weighted by atomic mass is 10.1.